The van der Waals surface area contributed by atoms with Crippen LogP contribution in [0.15, 0.2) is 53.7 Å². The molecule has 1 unspecified atom stereocenters. The zero-order valence-corrected chi connectivity index (χ0v) is 15.4. The van der Waals surface area contributed by atoms with Crippen LogP contribution in [0, 0.1) is 0 Å². The summed E-state index contributed by atoms with van der Waals surface area (Å²) >= 11 is 0. The van der Waals surface area contributed by atoms with E-state index >= 15 is 0 Å². The average Bonchev–Trinajstić information content (AvgIpc) is 3.11. The van der Waals surface area contributed by atoms with Crippen molar-refractivity contribution in [3.8, 4) is 11.5 Å². The number of hydrogen-bond acceptors (Lipinski definition) is 3. The van der Waals surface area contributed by atoms with E-state index in [-0.39, 0.29) is 6.04 Å². The molecular formula is C21H24N4O2. The Morgan fingerprint density at radius 2 is 2.19 bits per heavy atom. The molecule has 0 fully saturated rings. The molecule has 6 heteroatoms. The van der Waals surface area contributed by atoms with Crippen LogP contribution in [0.5, 0.6) is 11.5 Å². The van der Waals surface area contributed by atoms with Gasteiger partial charge in [-0.15, -0.1) is 0 Å². The predicted molar refractivity (Wildman–Crippen MR) is 107 cm³/mol. The minimum atomic E-state index is 0.131. The molecule has 27 heavy (non-hydrogen) atoms. The maximum absolute atomic E-state index is 6.14. The van der Waals surface area contributed by atoms with Crippen molar-refractivity contribution in [2.24, 2.45) is 10.7 Å². The molecule has 6 nitrogen and oxygen atoms in total. The van der Waals surface area contributed by atoms with Crippen molar-refractivity contribution in [3.63, 3.8) is 0 Å². The van der Waals surface area contributed by atoms with E-state index in [1.54, 1.807) is 7.11 Å². The Morgan fingerprint density at radius 1 is 1.30 bits per heavy atom. The molecule has 1 aromatic heterocycles. The fraction of sp³-hybridized carbons (Fsp3) is 0.286. The van der Waals surface area contributed by atoms with Gasteiger partial charge in [0.05, 0.1) is 19.8 Å². The van der Waals surface area contributed by atoms with Crippen molar-refractivity contribution in [2.75, 3.05) is 20.3 Å². The second kappa shape index (κ2) is 7.61. The normalized spacial score (nSPS) is 16.6. The van der Waals surface area contributed by atoms with Gasteiger partial charge in [-0.2, -0.15) is 0 Å². The molecule has 0 saturated heterocycles. The number of fused-ring (bicyclic) bond motifs is 2. The highest BCUT2D eigenvalue weighted by atomic mass is 16.5. The Morgan fingerprint density at radius 3 is 3.07 bits per heavy atom. The number of methoxy groups -OCH3 is 1. The topological polar surface area (TPSA) is 84.7 Å². The van der Waals surface area contributed by atoms with E-state index in [0.717, 1.165) is 40.8 Å². The molecule has 1 aliphatic rings. The zero-order valence-electron chi connectivity index (χ0n) is 15.4. The Bertz CT molecular complexity index is 964. The van der Waals surface area contributed by atoms with Crippen molar-refractivity contribution in [3.05, 3.63) is 59.8 Å². The molecular weight excluding hydrogens is 340 g/mol. The average molecular weight is 364 g/mol. The van der Waals surface area contributed by atoms with Gasteiger partial charge >= 0.3 is 0 Å². The third kappa shape index (κ3) is 3.56. The Balaban J connectivity index is 1.42. The number of aromatic amines is 1. The smallest absolute Gasteiger partial charge is 0.189 e. The minimum Gasteiger partial charge on any atom is -0.496 e. The minimum absolute atomic E-state index is 0.131. The van der Waals surface area contributed by atoms with Gasteiger partial charge in [-0.05, 0) is 30.2 Å². The van der Waals surface area contributed by atoms with Gasteiger partial charge in [-0.25, -0.2) is 0 Å². The van der Waals surface area contributed by atoms with Gasteiger partial charge in [0.25, 0.3) is 0 Å². The fourth-order valence-corrected chi connectivity index (χ4v) is 3.60. The molecule has 0 radical (unpaired) electrons. The summed E-state index contributed by atoms with van der Waals surface area (Å²) in [6, 6.07) is 14.2. The zero-order chi connectivity index (χ0) is 18.6. The highest BCUT2D eigenvalue weighted by molar-refractivity contribution is 5.89. The fourth-order valence-electron chi connectivity index (χ4n) is 3.60. The quantitative estimate of drug-likeness (QED) is 0.480. The molecule has 1 aliphatic heterocycles. The molecule has 140 valence electrons. The summed E-state index contributed by atoms with van der Waals surface area (Å²) in [5.74, 6) is 2.25. The summed E-state index contributed by atoms with van der Waals surface area (Å²) in [4.78, 5) is 7.80. The van der Waals surface area contributed by atoms with E-state index in [4.69, 9.17) is 15.2 Å². The maximum atomic E-state index is 6.14. The standard InChI is InChI=1S/C21H24N4O2/c1-26-19-8-4-6-17-20(19)14(13-24-17)9-11-23-21(22)25-16-10-12-27-18-7-3-2-5-15(16)18/h2-8,13,16,24H,9-12H2,1H3,(H3,22,23,25). The van der Waals surface area contributed by atoms with Crippen LogP contribution in [-0.4, -0.2) is 31.2 Å². The Kier molecular flexibility index (Phi) is 4.87. The first-order valence-electron chi connectivity index (χ1n) is 9.17. The number of guanidine groups is 1. The summed E-state index contributed by atoms with van der Waals surface area (Å²) in [6.07, 6.45) is 3.67. The highest BCUT2D eigenvalue weighted by Crippen LogP contribution is 2.31. The van der Waals surface area contributed by atoms with Gasteiger partial charge in [0.1, 0.15) is 11.5 Å². The van der Waals surface area contributed by atoms with Crippen LogP contribution in [0.25, 0.3) is 10.9 Å². The molecule has 0 saturated carbocycles. The number of nitrogens with zero attached hydrogens (tertiary/aromatic N) is 1. The second-order valence-corrected chi connectivity index (χ2v) is 6.59. The summed E-state index contributed by atoms with van der Waals surface area (Å²) < 4.78 is 11.2. The second-order valence-electron chi connectivity index (χ2n) is 6.59. The van der Waals surface area contributed by atoms with E-state index in [2.05, 4.69) is 21.4 Å². The lowest BCUT2D eigenvalue weighted by Gasteiger charge is -2.26. The first-order valence-corrected chi connectivity index (χ1v) is 9.17. The van der Waals surface area contributed by atoms with E-state index in [9.17, 15) is 0 Å². The lowest BCUT2D eigenvalue weighted by atomic mass is 10.0. The van der Waals surface area contributed by atoms with E-state index < -0.39 is 0 Å². The molecule has 4 N–H and O–H groups in total. The molecule has 2 aromatic carbocycles. The van der Waals surface area contributed by atoms with Gasteiger partial charge in [0.15, 0.2) is 5.96 Å². The van der Waals surface area contributed by atoms with Crippen LogP contribution in [-0.2, 0) is 6.42 Å². The third-order valence-electron chi connectivity index (χ3n) is 4.91. The number of para-hydroxylation sites is 1. The Hall–Kier alpha value is -3.15. The number of benzene rings is 2. The van der Waals surface area contributed by atoms with Crippen molar-refractivity contribution >= 4 is 16.9 Å². The van der Waals surface area contributed by atoms with Gasteiger partial charge in [-0.3, -0.25) is 4.99 Å². The summed E-state index contributed by atoms with van der Waals surface area (Å²) in [5, 5.41) is 4.44. The first-order chi connectivity index (χ1) is 13.3. The summed E-state index contributed by atoms with van der Waals surface area (Å²) in [5.41, 5.74) is 9.51. The highest BCUT2D eigenvalue weighted by Gasteiger charge is 2.21. The third-order valence-corrected chi connectivity index (χ3v) is 4.91. The molecule has 0 amide bonds. The van der Waals surface area contributed by atoms with Crippen LogP contribution < -0.4 is 20.5 Å². The summed E-state index contributed by atoms with van der Waals surface area (Å²) in [7, 11) is 1.69. The van der Waals surface area contributed by atoms with Gasteiger partial charge in [-0.1, -0.05) is 24.3 Å². The largest absolute Gasteiger partial charge is 0.496 e. The van der Waals surface area contributed by atoms with E-state index in [1.165, 1.54) is 5.56 Å². The monoisotopic (exact) mass is 364 g/mol. The maximum Gasteiger partial charge on any atom is 0.189 e. The molecule has 3 aromatic rings. The molecule has 1 atom stereocenters. The van der Waals surface area contributed by atoms with E-state index in [0.29, 0.717) is 19.1 Å². The van der Waals surface area contributed by atoms with Gasteiger partial charge < -0.3 is 25.5 Å². The van der Waals surface area contributed by atoms with E-state index in [1.807, 2.05) is 42.6 Å². The number of aliphatic imine (C=N–C) groups is 1. The lowest BCUT2D eigenvalue weighted by Crippen LogP contribution is -2.37. The molecule has 0 spiro atoms. The number of rotatable bonds is 5. The predicted octanol–water partition coefficient (Wildman–Crippen LogP) is 3.15. The van der Waals surface area contributed by atoms with Crippen LogP contribution in [0.3, 0.4) is 0 Å². The number of aromatic nitrogens is 1. The van der Waals surface area contributed by atoms with Crippen molar-refractivity contribution in [1.29, 1.82) is 0 Å². The SMILES string of the molecule is COc1cccc2[nH]cc(CCN=C(N)NC3CCOc4ccccc43)c12. The van der Waals surface area contributed by atoms with Crippen LogP contribution in [0.2, 0.25) is 0 Å². The molecule has 0 aliphatic carbocycles. The van der Waals surface area contributed by atoms with Gasteiger partial charge in [0.2, 0.25) is 0 Å². The van der Waals surface area contributed by atoms with Crippen LogP contribution >= 0.6 is 0 Å². The van der Waals surface area contributed by atoms with Crippen molar-refractivity contribution < 1.29 is 9.47 Å². The number of nitrogens with two attached hydrogens (primary N) is 1. The molecule has 4 rings (SSSR count). The first kappa shape index (κ1) is 17.3. The van der Waals surface area contributed by atoms with Gasteiger partial charge in [0, 0.05) is 35.6 Å². The molecule has 2 heterocycles. The van der Waals surface area contributed by atoms with Crippen molar-refractivity contribution in [2.45, 2.75) is 18.9 Å². The van der Waals surface area contributed by atoms with Crippen LogP contribution in [0.4, 0.5) is 0 Å². The summed E-state index contributed by atoms with van der Waals surface area (Å²) in [6.45, 7) is 1.28. The number of ether oxygens (including phenoxy) is 2. The van der Waals surface area contributed by atoms with Crippen LogP contribution in [0.1, 0.15) is 23.6 Å². The Labute approximate surface area is 158 Å². The number of nitrogens with one attached hydrogen (secondary N) is 2. The number of H-pyrrole nitrogens is 1. The molecule has 0 bridgehead atoms. The van der Waals surface area contributed by atoms with Crippen molar-refractivity contribution in [1.82, 2.24) is 10.3 Å². The lowest BCUT2D eigenvalue weighted by molar-refractivity contribution is 0.262. The number of hydrogen-bond donors (Lipinski definition) is 3.